The van der Waals surface area contributed by atoms with Gasteiger partial charge >= 0.3 is 12.1 Å². The zero-order valence-electron chi connectivity index (χ0n) is 18.0. The molecule has 1 aliphatic rings. The molecule has 0 radical (unpaired) electrons. The van der Waals surface area contributed by atoms with Crippen LogP contribution in [0.4, 0.5) is 4.79 Å². The second kappa shape index (κ2) is 7.61. The Labute approximate surface area is 171 Å². The number of nitrogens with zero attached hydrogens (tertiary/aromatic N) is 1. The Morgan fingerprint density at radius 3 is 2.41 bits per heavy atom. The van der Waals surface area contributed by atoms with Gasteiger partial charge in [0.25, 0.3) is 0 Å². The number of aromatic amines is 1. The molecule has 1 N–H and O–H groups in total. The minimum absolute atomic E-state index is 0.234. The third-order valence-electron chi connectivity index (χ3n) is 4.53. The Balaban J connectivity index is 1.62. The summed E-state index contributed by atoms with van der Waals surface area (Å²) >= 11 is 0. The van der Waals surface area contributed by atoms with E-state index >= 15 is 0 Å². The first-order chi connectivity index (χ1) is 13.4. The van der Waals surface area contributed by atoms with E-state index in [-0.39, 0.29) is 18.0 Å². The summed E-state index contributed by atoms with van der Waals surface area (Å²) in [6, 6.07) is 5.65. The molecule has 158 valence electrons. The normalized spacial score (nSPS) is 15.2. The molecule has 1 fully saturated rings. The monoisotopic (exact) mass is 402 g/mol. The van der Waals surface area contributed by atoms with Crippen LogP contribution >= 0.6 is 0 Å². The summed E-state index contributed by atoms with van der Waals surface area (Å²) in [5, 5.41) is 0.744. The van der Waals surface area contributed by atoms with Crippen LogP contribution in [0, 0.1) is 11.3 Å². The van der Waals surface area contributed by atoms with Crippen LogP contribution in [0.5, 0.6) is 11.5 Å². The Kier molecular flexibility index (Phi) is 5.52. The molecule has 29 heavy (non-hydrogen) atoms. The maximum absolute atomic E-state index is 12.3. The summed E-state index contributed by atoms with van der Waals surface area (Å²) in [5.74, 6) is 1.04. The molecule has 7 heteroatoms. The summed E-state index contributed by atoms with van der Waals surface area (Å²) in [6.45, 7) is 12.7. The highest BCUT2D eigenvalue weighted by molar-refractivity contribution is 5.94. The molecule has 1 aromatic heterocycles. The molecule has 0 unspecified atom stereocenters. The van der Waals surface area contributed by atoms with Crippen LogP contribution in [-0.4, -0.2) is 47.2 Å². The highest BCUT2D eigenvalue weighted by atomic mass is 16.6. The molecule has 0 atom stereocenters. The summed E-state index contributed by atoms with van der Waals surface area (Å²) in [5.41, 5.74) is -0.261. The van der Waals surface area contributed by atoms with Crippen LogP contribution in [0.15, 0.2) is 24.4 Å². The lowest BCUT2D eigenvalue weighted by Gasteiger charge is -2.39. The van der Waals surface area contributed by atoms with E-state index in [9.17, 15) is 9.59 Å². The van der Waals surface area contributed by atoms with Crippen LogP contribution in [0.1, 0.15) is 41.5 Å². The number of hydrogen-bond donors (Lipinski definition) is 1. The number of ether oxygens (including phenoxy) is 3. The average molecular weight is 402 g/mol. The van der Waals surface area contributed by atoms with Crippen LogP contribution in [0.2, 0.25) is 0 Å². The first-order valence-electron chi connectivity index (χ1n) is 9.87. The van der Waals surface area contributed by atoms with Gasteiger partial charge in [0, 0.05) is 25.2 Å². The zero-order valence-corrected chi connectivity index (χ0v) is 18.0. The van der Waals surface area contributed by atoms with Crippen molar-refractivity contribution in [3.05, 3.63) is 24.4 Å². The Bertz CT molecular complexity index is 898. The van der Waals surface area contributed by atoms with Crippen molar-refractivity contribution in [2.24, 2.45) is 11.3 Å². The number of fused-ring (bicyclic) bond motifs is 1. The van der Waals surface area contributed by atoms with Gasteiger partial charge in [0.1, 0.15) is 11.4 Å². The van der Waals surface area contributed by atoms with Gasteiger partial charge in [-0.25, -0.2) is 4.79 Å². The van der Waals surface area contributed by atoms with Gasteiger partial charge in [-0.1, -0.05) is 6.07 Å². The lowest BCUT2D eigenvalue weighted by Crippen LogP contribution is -2.53. The number of hydrogen-bond acceptors (Lipinski definition) is 5. The number of esters is 1. The van der Waals surface area contributed by atoms with Crippen molar-refractivity contribution in [3.8, 4) is 11.5 Å². The van der Waals surface area contributed by atoms with E-state index in [0.717, 1.165) is 10.9 Å². The number of benzene rings is 1. The number of nitrogens with one attached hydrogen (secondary N) is 1. The van der Waals surface area contributed by atoms with Crippen molar-refractivity contribution in [3.63, 3.8) is 0 Å². The van der Waals surface area contributed by atoms with Gasteiger partial charge in [-0.15, -0.1) is 0 Å². The first kappa shape index (κ1) is 21.0. The second-order valence-corrected chi connectivity index (χ2v) is 9.53. The van der Waals surface area contributed by atoms with E-state index in [1.165, 1.54) is 0 Å². The number of amides is 1. The summed E-state index contributed by atoms with van der Waals surface area (Å²) in [4.78, 5) is 29.1. The van der Waals surface area contributed by atoms with Crippen molar-refractivity contribution in [1.82, 2.24) is 9.88 Å². The molecule has 0 aliphatic carbocycles. The van der Waals surface area contributed by atoms with Crippen molar-refractivity contribution in [1.29, 1.82) is 0 Å². The number of likely N-dealkylation sites (tertiary alicyclic amines) is 1. The Morgan fingerprint density at radius 1 is 1.10 bits per heavy atom. The fourth-order valence-electron chi connectivity index (χ4n) is 2.93. The van der Waals surface area contributed by atoms with Crippen molar-refractivity contribution in [2.75, 3.05) is 19.7 Å². The molecule has 1 amide bonds. The average Bonchev–Trinajstić information content (AvgIpc) is 2.94. The van der Waals surface area contributed by atoms with Crippen LogP contribution in [0.25, 0.3) is 10.9 Å². The second-order valence-electron chi connectivity index (χ2n) is 9.53. The molecule has 7 nitrogen and oxygen atoms in total. The molecule has 3 rings (SSSR count). The van der Waals surface area contributed by atoms with Crippen molar-refractivity contribution >= 4 is 23.0 Å². The molecule has 0 spiro atoms. The van der Waals surface area contributed by atoms with Gasteiger partial charge in [0.15, 0.2) is 5.75 Å². The maximum Gasteiger partial charge on any atom is 0.410 e. The van der Waals surface area contributed by atoms with Gasteiger partial charge < -0.3 is 24.1 Å². The highest BCUT2D eigenvalue weighted by Gasteiger charge is 2.34. The largest absolute Gasteiger partial charge is 0.492 e. The Morgan fingerprint density at radius 2 is 1.79 bits per heavy atom. The van der Waals surface area contributed by atoms with Gasteiger partial charge in [-0.3, -0.25) is 4.79 Å². The van der Waals surface area contributed by atoms with Crippen molar-refractivity contribution < 1.29 is 23.8 Å². The molecular weight excluding hydrogens is 372 g/mol. The predicted molar refractivity (Wildman–Crippen MR) is 110 cm³/mol. The topological polar surface area (TPSA) is 80.9 Å². The molecule has 0 bridgehead atoms. The summed E-state index contributed by atoms with van der Waals surface area (Å²) < 4.78 is 17.0. The summed E-state index contributed by atoms with van der Waals surface area (Å²) in [6.07, 6.45) is 1.38. The smallest absolute Gasteiger partial charge is 0.410 e. The first-order valence-corrected chi connectivity index (χ1v) is 9.87. The minimum atomic E-state index is -0.601. The lowest BCUT2D eigenvalue weighted by atomic mass is 9.97. The van der Waals surface area contributed by atoms with E-state index in [1.54, 1.807) is 11.1 Å². The Hall–Kier alpha value is -2.70. The highest BCUT2D eigenvalue weighted by Crippen LogP contribution is 2.35. The molecule has 2 heterocycles. The fraction of sp³-hybridized carbons (Fsp3) is 0.545. The minimum Gasteiger partial charge on any atom is -0.492 e. The molecule has 1 aliphatic heterocycles. The van der Waals surface area contributed by atoms with E-state index in [0.29, 0.717) is 31.2 Å². The van der Waals surface area contributed by atoms with Crippen LogP contribution in [0.3, 0.4) is 0 Å². The van der Waals surface area contributed by atoms with Gasteiger partial charge in [-0.05, 0) is 53.7 Å². The SMILES string of the molecule is CC(C)(C)OC(=O)N1CC(COc2cccc3[nH]cc(OC(=O)C(C)(C)C)c23)C1. The number of H-pyrrole nitrogens is 1. The van der Waals surface area contributed by atoms with E-state index in [1.807, 2.05) is 59.7 Å². The van der Waals surface area contributed by atoms with Crippen LogP contribution in [-0.2, 0) is 9.53 Å². The summed E-state index contributed by atoms with van der Waals surface area (Å²) in [7, 11) is 0. The van der Waals surface area contributed by atoms with Gasteiger partial charge in [0.2, 0.25) is 0 Å². The molecule has 2 aromatic rings. The maximum atomic E-state index is 12.3. The molecular formula is C22H30N2O5. The van der Waals surface area contributed by atoms with Gasteiger partial charge in [0.05, 0.1) is 22.9 Å². The number of aromatic nitrogens is 1. The van der Waals surface area contributed by atoms with E-state index in [2.05, 4.69) is 4.98 Å². The quantitative estimate of drug-likeness (QED) is 0.769. The predicted octanol–water partition coefficient (Wildman–Crippen LogP) is 4.37. The third-order valence-corrected chi connectivity index (χ3v) is 4.53. The molecule has 0 saturated carbocycles. The number of carbonyl (C=O) groups is 2. The molecule has 1 saturated heterocycles. The standard InChI is InChI=1S/C22H30N2O5/c1-21(2,3)19(25)28-17-10-23-15-8-7-9-16(18(15)17)27-13-14-11-24(12-14)20(26)29-22(4,5)6/h7-10,14,23H,11-13H2,1-6H3. The van der Waals surface area contributed by atoms with E-state index < -0.39 is 11.0 Å². The van der Waals surface area contributed by atoms with E-state index in [4.69, 9.17) is 14.2 Å². The zero-order chi connectivity index (χ0) is 21.4. The lowest BCUT2D eigenvalue weighted by molar-refractivity contribution is -0.142. The van der Waals surface area contributed by atoms with Crippen molar-refractivity contribution in [2.45, 2.75) is 47.1 Å². The third kappa shape index (κ3) is 5.02. The van der Waals surface area contributed by atoms with Gasteiger partial charge in [-0.2, -0.15) is 0 Å². The van der Waals surface area contributed by atoms with Crippen LogP contribution < -0.4 is 9.47 Å². The fourth-order valence-corrected chi connectivity index (χ4v) is 2.93. The molecule has 1 aromatic carbocycles. The number of rotatable bonds is 4. The number of carbonyl (C=O) groups excluding carboxylic acids is 2.